The molecule has 0 saturated carbocycles. The zero-order valence-corrected chi connectivity index (χ0v) is 16.4. The van der Waals surface area contributed by atoms with Crippen molar-refractivity contribution in [1.82, 2.24) is 19.9 Å². The van der Waals surface area contributed by atoms with Crippen LogP contribution in [0.1, 0.15) is 46.6 Å². The Morgan fingerprint density at radius 2 is 2.07 bits per heavy atom. The van der Waals surface area contributed by atoms with E-state index in [-0.39, 0.29) is 17.9 Å². The van der Waals surface area contributed by atoms with Gasteiger partial charge in [-0.05, 0) is 51.2 Å². The van der Waals surface area contributed by atoms with E-state index in [1.54, 1.807) is 24.5 Å². The lowest BCUT2D eigenvalue weighted by Crippen LogP contribution is -2.47. The maximum atomic E-state index is 13.0. The summed E-state index contributed by atoms with van der Waals surface area (Å²) >= 11 is 0. The third kappa shape index (κ3) is 3.66. The minimum absolute atomic E-state index is 0.00928. The summed E-state index contributed by atoms with van der Waals surface area (Å²) in [6.07, 6.45) is 6.40. The molecule has 2 aromatic rings. The summed E-state index contributed by atoms with van der Waals surface area (Å²) in [7, 11) is 0. The fourth-order valence-electron chi connectivity index (χ4n) is 4.46. The topological polar surface area (TPSA) is 79.5 Å². The fraction of sp³-hybridized carbons (Fsp3) is 0.524. The van der Waals surface area contributed by atoms with E-state index in [0.29, 0.717) is 37.4 Å². The molecular formula is C21H26N4O3. The normalized spacial score (nSPS) is 21.6. The molecule has 148 valence electrons. The summed E-state index contributed by atoms with van der Waals surface area (Å²) in [5, 5.41) is 3.97. The van der Waals surface area contributed by atoms with E-state index in [1.165, 1.54) is 0 Å². The van der Waals surface area contributed by atoms with Crippen molar-refractivity contribution in [3.05, 3.63) is 47.1 Å². The number of nitrogens with zero attached hydrogens (tertiary/aromatic N) is 4. The third-order valence-corrected chi connectivity index (χ3v) is 6.00. The number of hydrogen-bond acceptors (Lipinski definition) is 5. The number of pyridine rings is 1. The first-order chi connectivity index (χ1) is 13.5. The molecule has 7 nitrogen and oxygen atoms in total. The van der Waals surface area contributed by atoms with E-state index in [0.717, 1.165) is 36.4 Å². The molecule has 2 amide bonds. The second kappa shape index (κ2) is 7.73. The summed E-state index contributed by atoms with van der Waals surface area (Å²) in [6.45, 7) is 5.84. The molecule has 2 atom stereocenters. The van der Waals surface area contributed by atoms with Gasteiger partial charge in [0, 0.05) is 50.1 Å². The maximum absolute atomic E-state index is 13.0. The second-order valence-corrected chi connectivity index (χ2v) is 7.90. The van der Waals surface area contributed by atoms with Gasteiger partial charge < -0.3 is 14.3 Å². The summed E-state index contributed by atoms with van der Waals surface area (Å²) in [5.41, 5.74) is 2.50. The average Bonchev–Trinajstić information content (AvgIpc) is 2.90. The van der Waals surface area contributed by atoms with E-state index in [9.17, 15) is 9.59 Å². The Kier molecular flexibility index (Phi) is 5.15. The van der Waals surface area contributed by atoms with Crippen LogP contribution in [0.5, 0.6) is 0 Å². The molecule has 0 radical (unpaired) electrons. The molecule has 3 aliphatic heterocycles. The van der Waals surface area contributed by atoms with Gasteiger partial charge in [0.1, 0.15) is 5.76 Å². The van der Waals surface area contributed by atoms with Crippen molar-refractivity contribution in [2.24, 2.45) is 5.92 Å². The molecule has 2 unspecified atom stereocenters. The lowest BCUT2D eigenvalue weighted by molar-refractivity contribution is -0.135. The van der Waals surface area contributed by atoms with E-state index in [1.807, 2.05) is 23.6 Å². The van der Waals surface area contributed by atoms with Crippen molar-refractivity contribution in [3.63, 3.8) is 0 Å². The predicted molar refractivity (Wildman–Crippen MR) is 103 cm³/mol. The number of amides is 2. The first kappa shape index (κ1) is 18.7. The molecule has 2 bridgehead atoms. The number of carbonyl (C=O) groups is 2. The van der Waals surface area contributed by atoms with Crippen LogP contribution in [-0.2, 0) is 11.2 Å². The van der Waals surface area contributed by atoms with Gasteiger partial charge in [-0.2, -0.15) is 0 Å². The maximum Gasteiger partial charge on any atom is 0.255 e. The van der Waals surface area contributed by atoms with Crippen molar-refractivity contribution in [2.45, 2.75) is 45.6 Å². The molecule has 3 saturated heterocycles. The number of aryl methyl sites for hydroxylation is 2. The standard InChI is InChI=1S/C21H26N4O3/c1-14-19(15(2)28-23-14)7-8-20(26)25-12-16-5-6-18(25)13-24(11-16)21(27)17-4-3-9-22-10-17/h3-4,9-10,16,18H,5-8,11-13H2,1-2H3. The Hall–Kier alpha value is -2.70. The molecular weight excluding hydrogens is 356 g/mol. The van der Waals surface area contributed by atoms with Crippen molar-refractivity contribution in [1.29, 1.82) is 0 Å². The van der Waals surface area contributed by atoms with E-state index >= 15 is 0 Å². The fourth-order valence-corrected chi connectivity index (χ4v) is 4.46. The molecule has 0 spiro atoms. The SMILES string of the molecule is Cc1noc(C)c1CCC(=O)N1CC2CCC1CN(C(=O)c1cccnc1)C2. The smallest absolute Gasteiger partial charge is 0.255 e. The Labute approximate surface area is 164 Å². The number of rotatable bonds is 4. The van der Waals surface area contributed by atoms with Gasteiger partial charge >= 0.3 is 0 Å². The summed E-state index contributed by atoms with van der Waals surface area (Å²) in [6, 6.07) is 3.68. The zero-order valence-electron chi connectivity index (χ0n) is 16.4. The van der Waals surface area contributed by atoms with Crippen LogP contribution in [0, 0.1) is 19.8 Å². The molecule has 5 heterocycles. The van der Waals surface area contributed by atoms with E-state index < -0.39 is 0 Å². The highest BCUT2D eigenvalue weighted by Crippen LogP contribution is 2.29. The van der Waals surface area contributed by atoms with Crippen molar-refractivity contribution < 1.29 is 14.1 Å². The molecule has 5 rings (SSSR count). The van der Waals surface area contributed by atoms with Crippen LogP contribution in [0.2, 0.25) is 0 Å². The predicted octanol–water partition coefficient (Wildman–Crippen LogP) is 2.38. The van der Waals surface area contributed by atoms with E-state index in [4.69, 9.17) is 4.52 Å². The van der Waals surface area contributed by atoms with Crippen molar-refractivity contribution in [2.75, 3.05) is 19.6 Å². The minimum Gasteiger partial charge on any atom is -0.361 e. The van der Waals surface area contributed by atoms with Gasteiger partial charge in [-0.1, -0.05) is 5.16 Å². The van der Waals surface area contributed by atoms with Gasteiger partial charge in [0.25, 0.3) is 5.91 Å². The van der Waals surface area contributed by atoms with Crippen LogP contribution in [0.3, 0.4) is 0 Å². The Balaban J connectivity index is 1.43. The van der Waals surface area contributed by atoms with Crippen LogP contribution < -0.4 is 0 Å². The summed E-state index contributed by atoms with van der Waals surface area (Å²) in [4.78, 5) is 33.8. The Bertz CT molecular complexity index is 844. The van der Waals surface area contributed by atoms with Gasteiger partial charge in [0.05, 0.1) is 11.3 Å². The molecule has 0 aliphatic carbocycles. The molecule has 3 fully saturated rings. The lowest BCUT2D eigenvalue weighted by Gasteiger charge is -2.36. The van der Waals surface area contributed by atoms with Gasteiger partial charge in [0.15, 0.2) is 0 Å². The second-order valence-electron chi connectivity index (χ2n) is 7.90. The molecule has 3 aliphatic rings. The van der Waals surface area contributed by atoms with Gasteiger partial charge in [0.2, 0.25) is 5.91 Å². The quantitative estimate of drug-likeness (QED) is 0.811. The molecule has 0 N–H and O–H groups in total. The van der Waals surface area contributed by atoms with Crippen molar-refractivity contribution in [3.8, 4) is 0 Å². The van der Waals surface area contributed by atoms with Gasteiger partial charge in [-0.3, -0.25) is 14.6 Å². The first-order valence-corrected chi connectivity index (χ1v) is 9.93. The van der Waals surface area contributed by atoms with Crippen LogP contribution in [0.25, 0.3) is 0 Å². The van der Waals surface area contributed by atoms with E-state index in [2.05, 4.69) is 10.1 Å². The number of piperidine rings is 1. The molecule has 2 aromatic heterocycles. The number of aromatic nitrogens is 2. The summed E-state index contributed by atoms with van der Waals surface area (Å²) < 4.78 is 5.20. The number of carbonyl (C=O) groups excluding carboxylic acids is 2. The molecule has 0 aromatic carbocycles. The highest BCUT2D eigenvalue weighted by Gasteiger charge is 2.38. The zero-order chi connectivity index (χ0) is 19.7. The third-order valence-electron chi connectivity index (χ3n) is 6.00. The van der Waals surface area contributed by atoms with Crippen LogP contribution in [-0.4, -0.2) is 57.4 Å². The Morgan fingerprint density at radius 1 is 1.21 bits per heavy atom. The monoisotopic (exact) mass is 382 g/mol. The van der Waals surface area contributed by atoms with Crippen molar-refractivity contribution >= 4 is 11.8 Å². The largest absolute Gasteiger partial charge is 0.361 e. The highest BCUT2D eigenvalue weighted by atomic mass is 16.5. The van der Waals surface area contributed by atoms with Crippen LogP contribution >= 0.6 is 0 Å². The van der Waals surface area contributed by atoms with Gasteiger partial charge in [-0.25, -0.2) is 0 Å². The lowest BCUT2D eigenvalue weighted by atomic mass is 9.94. The molecule has 28 heavy (non-hydrogen) atoms. The van der Waals surface area contributed by atoms with Gasteiger partial charge in [-0.15, -0.1) is 0 Å². The average molecular weight is 382 g/mol. The minimum atomic E-state index is 0.00928. The highest BCUT2D eigenvalue weighted by molar-refractivity contribution is 5.94. The summed E-state index contributed by atoms with van der Waals surface area (Å²) in [5.74, 6) is 1.29. The Morgan fingerprint density at radius 3 is 2.79 bits per heavy atom. The van der Waals surface area contributed by atoms with Crippen LogP contribution in [0.4, 0.5) is 0 Å². The number of hydrogen-bond donors (Lipinski definition) is 0. The number of fused-ring (bicyclic) bond motifs is 4. The van der Waals surface area contributed by atoms with Crippen LogP contribution in [0.15, 0.2) is 29.0 Å². The first-order valence-electron chi connectivity index (χ1n) is 9.93. The molecule has 7 heteroatoms.